The molecule has 1 saturated carbocycles. The summed E-state index contributed by atoms with van der Waals surface area (Å²) >= 11 is 0. The van der Waals surface area contributed by atoms with Crippen LogP contribution in [-0.2, 0) is 9.53 Å². The summed E-state index contributed by atoms with van der Waals surface area (Å²) in [7, 11) is 1.65. The van der Waals surface area contributed by atoms with Crippen molar-refractivity contribution in [3.8, 4) is 0 Å². The van der Waals surface area contributed by atoms with E-state index in [0.717, 1.165) is 18.4 Å². The first-order valence-electron chi connectivity index (χ1n) is 3.85. The molecule has 1 rings (SSSR count). The van der Waals surface area contributed by atoms with Crippen LogP contribution in [0.3, 0.4) is 0 Å². The highest BCUT2D eigenvalue weighted by molar-refractivity contribution is 5.79. The summed E-state index contributed by atoms with van der Waals surface area (Å²) < 4.78 is 5.17. The van der Waals surface area contributed by atoms with Crippen LogP contribution in [0.25, 0.3) is 0 Å². The molecule has 0 spiro atoms. The molecule has 0 amide bonds. The topological polar surface area (TPSA) is 26.3 Å². The minimum Gasteiger partial charge on any atom is -0.380 e. The summed E-state index contributed by atoms with van der Waals surface area (Å²) in [6.45, 7) is 5.47. The lowest BCUT2D eigenvalue weighted by Crippen LogP contribution is -2.22. The first-order valence-corrected chi connectivity index (χ1v) is 3.85. The number of carbonyl (C=O) groups is 1. The van der Waals surface area contributed by atoms with Gasteiger partial charge < -0.3 is 4.74 Å². The van der Waals surface area contributed by atoms with Crippen LogP contribution in [0.2, 0.25) is 0 Å². The summed E-state index contributed by atoms with van der Waals surface area (Å²) in [6.07, 6.45) is 1.74. The Balaban J connectivity index is 2.64. The van der Waals surface area contributed by atoms with Crippen LogP contribution in [-0.4, -0.2) is 19.0 Å². The van der Waals surface area contributed by atoms with E-state index in [9.17, 15) is 4.79 Å². The van der Waals surface area contributed by atoms with Gasteiger partial charge in [-0.3, -0.25) is 4.79 Å². The van der Waals surface area contributed by atoms with Crippen LogP contribution < -0.4 is 0 Å². The maximum absolute atomic E-state index is 11.0. The van der Waals surface area contributed by atoms with E-state index in [2.05, 4.69) is 6.58 Å². The molecular weight excluding hydrogens is 140 g/mol. The van der Waals surface area contributed by atoms with Gasteiger partial charge in [0.2, 0.25) is 0 Å². The summed E-state index contributed by atoms with van der Waals surface area (Å²) in [4.78, 5) is 11.0. The smallest absolute Gasteiger partial charge is 0.135 e. The molecule has 1 fully saturated rings. The van der Waals surface area contributed by atoms with Crippen LogP contribution in [0.5, 0.6) is 0 Å². The number of Topliss-reactive ketones (excluding diaryl/α,β-unsaturated/α-hetero) is 1. The van der Waals surface area contributed by atoms with Crippen LogP contribution in [0, 0.1) is 5.92 Å². The number of hydrogen-bond acceptors (Lipinski definition) is 2. The number of hydrogen-bond donors (Lipinski definition) is 0. The minimum absolute atomic E-state index is 0.0625. The lowest BCUT2D eigenvalue weighted by atomic mass is 10.0. The standard InChI is InChI=1S/C9H14O2/c1-6-4-8(7(2)10)9(5-6)11-3/h8-9H,1,4-5H2,2-3H3/t8-,9+/m1/s1. The molecule has 1 aliphatic rings. The molecule has 62 valence electrons. The normalized spacial score (nSPS) is 30.9. The predicted octanol–water partition coefficient (Wildman–Crippen LogP) is 1.56. The zero-order valence-electron chi connectivity index (χ0n) is 7.09. The summed E-state index contributed by atoms with van der Waals surface area (Å²) in [5.74, 6) is 0.281. The van der Waals surface area contributed by atoms with Gasteiger partial charge in [0.05, 0.1) is 6.10 Å². The van der Waals surface area contributed by atoms with Crippen LogP contribution in [0.15, 0.2) is 12.2 Å². The Morgan fingerprint density at radius 1 is 1.64 bits per heavy atom. The third-order valence-corrected chi connectivity index (χ3v) is 2.27. The monoisotopic (exact) mass is 154 g/mol. The van der Waals surface area contributed by atoms with Crippen molar-refractivity contribution < 1.29 is 9.53 Å². The molecule has 0 unspecified atom stereocenters. The van der Waals surface area contributed by atoms with Crippen LogP contribution in [0.1, 0.15) is 19.8 Å². The fourth-order valence-electron chi connectivity index (χ4n) is 1.61. The molecule has 0 heterocycles. The van der Waals surface area contributed by atoms with Gasteiger partial charge in [-0.25, -0.2) is 0 Å². The molecule has 0 aromatic carbocycles. The molecule has 0 aliphatic heterocycles. The lowest BCUT2D eigenvalue weighted by Gasteiger charge is -2.13. The van der Waals surface area contributed by atoms with Gasteiger partial charge in [-0.2, -0.15) is 0 Å². The van der Waals surface area contributed by atoms with Crippen molar-refractivity contribution in [3.63, 3.8) is 0 Å². The molecule has 0 aromatic rings. The van der Waals surface area contributed by atoms with Crippen molar-refractivity contribution >= 4 is 5.78 Å². The van der Waals surface area contributed by atoms with E-state index >= 15 is 0 Å². The summed E-state index contributed by atoms with van der Waals surface area (Å²) in [5, 5.41) is 0. The van der Waals surface area contributed by atoms with Crippen molar-refractivity contribution in [3.05, 3.63) is 12.2 Å². The van der Waals surface area contributed by atoms with Gasteiger partial charge in [-0.1, -0.05) is 12.2 Å². The molecule has 2 heteroatoms. The van der Waals surface area contributed by atoms with Gasteiger partial charge in [0, 0.05) is 13.0 Å². The maximum Gasteiger partial charge on any atom is 0.135 e. The second-order valence-corrected chi connectivity index (χ2v) is 3.15. The maximum atomic E-state index is 11.0. The highest BCUT2D eigenvalue weighted by atomic mass is 16.5. The Bertz CT molecular complexity index is 184. The number of carbonyl (C=O) groups excluding carboxylic acids is 1. The van der Waals surface area contributed by atoms with E-state index in [4.69, 9.17) is 4.74 Å². The molecule has 0 N–H and O–H groups in total. The zero-order chi connectivity index (χ0) is 8.43. The van der Waals surface area contributed by atoms with Crippen molar-refractivity contribution in [1.82, 2.24) is 0 Å². The van der Waals surface area contributed by atoms with Gasteiger partial charge in [0.15, 0.2) is 0 Å². The molecule has 11 heavy (non-hydrogen) atoms. The zero-order valence-corrected chi connectivity index (χ0v) is 7.09. The Morgan fingerprint density at radius 2 is 2.27 bits per heavy atom. The van der Waals surface area contributed by atoms with E-state index < -0.39 is 0 Å². The minimum atomic E-state index is 0.0625. The van der Waals surface area contributed by atoms with Crippen molar-refractivity contribution in [2.24, 2.45) is 5.92 Å². The molecule has 0 aromatic heterocycles. The predicted molar refractivity (Wildman–Crippen MR) is 43.3 cm³/mol. The Kier molecular flexibility index (Phi) is 2.45. The molecule has 1 aliphatic carbocycles. The number of ketones is 1. The number of rotatable bonds is 2. The molecule has 0 radical (unpaired) electrons. The van der Waals surface area contributed by atoms with Gasteiger partial charge in [0.25, 0.3) is 0 Å². The van der Waals surface area contributed by atoms with Gasteiger partial charge in [-0.15, -0.1) is 0 Å². The molecule has 0 bridgehead atoms. The highest BCUT2D eigenvalue weighted by Crippen LogP contribution is 2.31. The first-order chi connectivity index (χ1) is 5.15. The van der Waals surface area contributed by atoms with E-state index in [0.29, 0.717) is 0 Å². The Labute approximate surface area is 67.2 Å². The van der Waals surface area contributed by atoms with E-state index in [1.807, 2.05) is 0 Å². The lowest BCUT2D eigenvalue weighted by molar-refractivity contribution is -0.123. The summed E-state index contributed by atoms with van der Waals surface area (Å²) in [5.41, 5.74) is 1.14. The van der Waals surface area contributed by atoms with Gasteiger partial charge in [-0.05, 0) is 19.8 Å². The average molecular weight is 154 g/mol. The quantitative estimate of drug-likeness (QED) is 0.564. The average Bonchev–Trinajstić information content (AvgIpc) is 2.30. The van der Waals surface area contributed by atoms with E-state index in [-0.39, 0.29) is 17.8 Å². The Hall–Kier alpha value is -0.630. The van der Waals surface area contributed by atoms with E-state index in [1.165, 1.54) is 0 Å². The van der Waals surface area contributed by atoms with E-state index in [1.54, 1.807) is 14.0 Å². The van der Waals surface area contributed by atoms with Crippen LogP contribution in [0.4, 0.5) is 0 Å². The number of methoxy groups -OCH3 is 1. The second kappa shape index (κ2) is 3.18. The molecular formula is C9H14O2. The second-order valence-electron chi connectivity index (χ2n) is 3.15. The van der Waals surface area contributed by atoms with Crippen LogP contribution >= 0.6 is 0 Å². The third-order valence-electron chi connectivity index (χ3n) is 2.27. The molecule has 2 atom stereocenters. The molecule has 2 nitrogen and oxygen atoms in total. The Morgan fingerprint density at radius 3 is 2.64 bits per heavy atom. The fourth-order valence-corrected chi connectivity index (χ4v) is 1.61. The third kappa shape index (κ3) is 1.69. The van der Waals surface area contributed by atoms with Crippen molar-refractivity contribution in [2.45, 2.75) is 25.9 Å². The SMILES string of the molecule is C=C1C[C@H](OC)[C@@H](C(C)=O)C1. The number of ether oxygens (including phenoxy) is 1. The molecule has 0 saturated heterocycles. The highest BCUT2D eigenvalue weighted by Gasteiger charge is 2.32. The summed E-state index contributed by atoms with van der Waals surface area (Å²) in [6, 6.07) is 0. The van der Waals surface area contributed by atoms with Gasteiger partial charge in [0.1, 0.15) is 5.78 Å². The van der Waals surface area contributed by atoms with Gasteiger partial charge >= 0.3 is 0 Å². The largest absolute Gasteiger partial charge is 0.380 e. The van der Waals surface area contributed by atoms with Crippen molar-refractivity contribution in [2.75, 3.05) is 7.11 Å². The first kappa shape index (κ1) is 8.47. The van der Waals surface area contributed by atoms with Crippen molar-refractivity contribution in [1.29, 1.82) is 0 Å². The fraction of sp³-hybridized carbons (Fsp3) is 0.667.